The highest BCUT2D eigenvalue weighted by atomic mass is 35.5. The second-order valence-corrected chi connectivity index (χ2v) is 10.2. The molecule has 0 radical (unpaired) electrons. The highest BCUT2D eigenvalue weighted by Gasteiger charge is 2.23. The van der Waals surface area contributed by atoms with Crippen LogP contribution in [0.25, 0.3) is 11.4 Å². The smallest absolute Gasteiger partial charge is 0.243 e. The summed E-state index contributed by atoms with van der Waals surface area (Å²) in [5.74, 6) is 1.16. The Morgan fingerprint density at radius 3 is 2.69 bits per heavy atom. The first-order chi connectivity index (χ1) is 15.4. The first-order valence-corrected chi connectivity index (χ1v) is 12.2. The van der Waals surface area contributed by atoms with E-state index < -0.39 is 15.9 Å². The van der Waals surface area contributed by atoms with Gasteiger partial charge in [0.05, 0.1) is 16.5 Å². The normalized spacial score (nSPS) is 14.1. The standard InChI is InChI=1S/C22H24ClN5O3S/c1-27(32(30,31)17-8-4-2-5-9-17)15-21(29)24-16-11-12-19(23)18(14-16)22-26-25-20-10-6-3-7-13-28(20)22/h2,4-5,8-9,11-12,14H,3,6-7,10,13,15H2,1H3,(H,24,29). The minimum absolute atomic E-state index is 0.136. The van der Waals surface area contributed by atoms with Crippen molar-refractivity contribution >= 4 is 33.2 Å². The zero-order valence-corrected chi connectivity index (χ0v) is 19.2. The van der Waals surface area contributed by atoms with Crippen LogP contribution in [-0.2, 0) is 27.8 Å². The van der Waals surface area contributed by atoms with Crippen LogP contribution in [0.15, 0.2) is 53.4 Å². The van der Waals surface area contributed by atoms with Crippen LogP contribution in [0.4, 0.5) is 5.69 Å². The van der Waals surface area contributed by atoms with E-state index in [4.69, 9.17) is 11.6 Å². The number of fused-ring (bicyclic) bond motifs is 1. The quantitative estimate of drug-likeness (QED) is 0.590. The van der Waals surface area contributed by atoms with E-state index in [0.29, 0.717) is 22.1 Å². The summed E-state index contributed by atoms with van der Waals surface area (Å²) in [6, 6.07) is 13.1. The van der Waals surface area contributed by atoms with Gasteiger partial charge in [0.1, 0.15) is 5.82 Å². The highest BCUT2D eigenvalue weighted by molar-refractivity contribution is 7.89. The van der Waals surface area contributed by atoms with E-state index in [1.165, 1.54) is 19.2 Å². The predicted molar refractivity (Wildman–Crippen MR) is 123 cm³/mol. The maximum absolute atomic E-state index is 12.6. The van der Waals surface area contributed by atoms with E-state index in [2.05, 4.69) is 20.1 Å². The number of carbonyl (C=O) groups excluding carboxylic acids is 1. The van der Waals surface area contributed by atoms with Gasteiger partial charge in [0.2, 0.25) is 15.9 Å². The zero-order valence-electron chi connectivity index (χ0n) is 17.7. The van der Waals surface area contributed by atoms with Gasteiger partial charge in [-0.25, -0.2) is 8.42 Å². The number of nitrogens with zero attached hydrogens (tertiary/aromatic N) is 4. The van der Waals surface area contributed by atoms with Crippen molar-refractivity contribution in [2.24, 2.45) is 0 Å². The fourth-order valence-electron chi connectivity index (χ4n) is 3.72. The molecule has 0 spiro atoms. The van der Waals surface area contributed by atoms with Crippen LogP contribution in [-0.4, -0.2) is 47.0 Å². The van der Waals surface area contributed by atoms with Gasteiger partial charge in [-0.05, 0) is 43.2 Å². The molecule has 1 N–H and O–H groups in total. The summed E-state index contributed by atoms with van der Waals surface area (Å²) in [7, 11) is -2.38. The van der Waals surface area contributed by atoms with Crippen molar-refractivity contribution in [2.45, 2.75) is 37.1 Å². The van der Waals surface area contributed by atoms with Crippen LogP contribution < -0.4 is 5.32 Å². The fraction of sp³-hybridized carbons (Fsp3) is 0.318. The number of anilines is 1. The van der Waals surface area contributed by atoms with E-state index in [1.54, 1.807) is 36.4 Å². The molecule has 10 heteroatoms. The monoisotopic (exact) mass is 473 g/mol. The molecule has 1 amide bonds. The van der Waals surface area contributed by atoms with Gasteiger partial charge < -0.3 is 9.88 Å². The zero-order chi connectivity index (χ0) is 22.7. The average molecular weight is 474 g/mol. The van der Waals surface area contributed by atoms with E-state index >= 15 is 0 Å². The van der Waals surface area contributed by atoms with Crippen molar-refractivity contribution in [3.63, 3.8) is 0 Å². The van der Waals surface area contributed by atoms with E-state index in [0.717, 1.165) is 42.4 Å². The Bertz CT molecular complexity index is 1230. The third kappa shape index (κ3) is 4.69. The van der Waals surface area contributed by atoms with E-state index in [-0.39, 0.29) is 11.4 Å². The van der Waals surface area contributed by atoms with Gasteiger partial charge in [-0.1, -0.05) is 36.2 Å². The lowest BCUT2D eigenvalue weighted by Gasteiger charge is -2.17. The van der Waals surface area contributed by atoms with Crippen LogP contribution in [0.5, 0.6) is 0 Å². The number of hydrogen-bond acceptors (Lipinski definition) is 5. The summed E-state index contributed by atoms with van der Waals surface area (Å²) in [6.45, 7) is 0.502. The van der Waals surface area contributed by atoms with Crippen molar-refractivity contribution < 1.29 is 13.2 Å². The van der Waals surface area contributed by atoms with Crippen LogP contribution in [0.1, 0.15) is 25.1 Å². The Balaban J connectivity index is 1.51. The molecule has 3 aromatic rings. The molecule has 2 aromatic carbocycles. The Morgan fingerprint density at radius 1 is 1.12 bits per heavy atom. The van der Waals surface area contributed by atoms with Crippen LogP contribution in [0.3, 0.4) is 0 Å². The molecule has 0 fully saturated rings. The number of hydrogen-bond donors (Lipinski definition) is 1. The molecule has 4 rings (SSSR count). The maximum atomic E-state index is 12.6. The van der Waals surface area contributed by atoms with Gasteiger partial charge in [-0.2, -0.15) is 4.31 Å². The second-order valence-electron chi connectivity index (χ2n) is 7.72. The summed E-state index contributed by atoms with van der Waals surface area (Å²) in [5.41, 5.74) is 1.18. The lowest BCUT2D eigenvalue weighted by atomic mass is 10.1. The van der Waals surface area contributed by atoms with Crippen molar-refractivity contribution in [3.05, 3.63) is 59.4 Å². The second kappa shape index (κ2) is 9.40. The Kier molecular flexibility index (Phi) is 6.59. The average Bonchev–Trinajstić information content (AvgIpc) is 3.03. The molecule has 1 aliphatic heterocycles. The summed E-state index contributed by atoms with van der Waals surface area (Å²) in [6.07, 6.45) is 4.16. The van der Waals surface area contributed by atoms with Gasteiger partial charge in [-0.15, -0.1) is 10.2 Å². The molecule has 8 nitrogen and oxygen atoms in total. The summed E-state index contributed by atoms with van der Waals surface area (Å²) in [5, 5.41) is 11.9. The van der Waals surface area contributed by atoms with Gasteiger partial charge >= 0.3 is 0 Å². The molecule has 0 saturated heterocycles. The first-order valence-electron chi connectivity index (χ1n) is 10.4. The number of benzene rings is 2. The molecule has 0 aliphatic carbocycles. The number of amides is 1. The van der Waals surface area contributed by atoms with Crippen molar-refractivity contribution in [1.82, 2.24) is 19.1 Å². The molecule has 168 valence electrons. The topological polar surface area (TPSA) is 97.2 Å². The van der Waals surface area contributed by atoms with Crippen LogP contribution in [0, 0.1) is 0 Å². The van der Waals surface area contributed by atoms with Gasteiger partial charge in [-0.3, -0.25) is 4.79 Å². The third-order valence-corrected chi connectivity index (χ3v) is 7.57. The number of nitrogens with one attached hydrogen (secondary N) is 1. The molecule has 0 saturated carbocycles. The van der Waals surface area contributed by atoms with Crippen LogP contribution >= 0.6 is 11.6 Å². The third-order valence-electron chi connectivity index (χ3n) is 5.42. The molecule has 0 bridgehead atoms. The molecule has 2 heterocycles. The lowest BCUT2D eigenvalue weighted by Crippen LogP contribution is -2.34. The lowest BCUT2D eigenvalue weighted by molar-refractivity contribution is -0.116. The summed E-state index contributed by atoms with van der Waals surface area (Å²) >= 11 is 6.44. The number of likely N-dealkylation sites (N-methyl/N-ethyl adjacent to an activating group) is 1. The number of aryl methyl sites for hydroxylation is 1. The summed E-state index contributed by atoms with van der Waals surface area (Å²) in [4.78, 5) is 12.7. The van der Waals surface area contributed by atoms with E-state index in [1.807, 2.05) is 0 Å². The number of sulfonamides is 1. The summed E-state index contributed by atoms with van der Waals surface area (Å²) < 4.78 is 28.4. The SMILES string of the molecule is CN(CC(=O)Nc1ccc(Cl)c(-c2nnc3n2CCCCC3)c1)S(=O)(=O)c1ccccc1. The first kappa shape index (κ1) is 22.4. The van der Waals surface area contributed by atoms with Crippen molar-refractivity contribution in [2.75, 3.05) is 18.9 Å². The Hall–Kier alpha value is -2.75. The highest BCUT2D eigenvalue weighted by Crippen LogP contribution is 2.31. The van der Waals surface area contributed by atoms with Crippen molar-refractivity contribution in [1.29, 1.82) is 0 Å². The van der Waals surface area contributed by atoms with E-state index in [9.17, 15) is 13.2 Å². The van der Waals surface area contributed by atoms with Gasteiger partial charge in [0.25, 0.3) is 0 Å². The Labute approximate surface area is 192 Å². The molecular formula is C22H24ClN5O3S. The molecular weight excluding hydrogens is 450 g/mol. The molecule has 32 heavy (non-hydrogen) atoms. The number of aromatic nitrogens is 3. The van der Waals surface area contributed by atoms with Gasteiger partial charge in [0, 0.05) is 31.3 Å². The molecule has 1 aliphatic rings. The predicted octanol–water partition coefficient (Wildman–Crippen LogP) is 3.58. The minimum atomic E-state index is -3.76. The van der Waals surface area contributed by atoms with Gasteiger partial charge in [0.15, 0.2) is 5.82 Å². The molecule has 0 atom stereocenters. The fourth-order valence-corrected chi connectivity index (χ4v) is 5.07. The minimum Gasteiger partial charge on any atom is -0.325 e. The number of rotatable bonds is 6. The maximum Gasteiger partial charge on any atom is 0.243 e. The number of carbonyl (C=O) groups is 1. The molecule has 0 unspecified atom stereocenters. The van der Waals surface area contributed by atoms with Crippen molar-refractivity contribution in [3.8, 4) is 11.4 Å². The Morgan fingerprint density at radius 2 is 1.91 bits per heavy atom. The molecule has 1 aromatic heterocycles. The number of halogens is 1. The largest absolute Gasteiger partial charge is 0.325 e. The van der Waals surface area contributed by atoms with Crippen LogP contribution in [0.2, 0.25) is 5.02 Å².